The molecule has 2 N–H and O–H groups in total. The van der Waals surface area contributed by atoms with Crippen molar-refractivity contribution in [2.75, 3.05) is 6.54 Å². The van der Waals surface area contributed by atoms with Crippen molar-refractivity contribution < 1.29 is 9.53 Å². The lowest BCUT2D eigenvalue weighted by molar-refractivity contribution is -0.140. The molecular weight excluding hydrogens is 130 g/mol. The summed E-state index contributed by atoms with van der Waals surface area (Å²) in [7, 11) is 0. The van der Waals surface area contributed by atoms with Crippen LogP contribution in [0.4, 0.5) is 0 Å². The third-order valence-corrected chi connectivity index (χ3v) is 0.929. The van der Waals surface area contributed by atoms with Crippen molar-refractivity contribution >= 4 is 5.97 Å². The molecule has 0 aliphatic rings. The third kappa shape index (κ3) is 3.04. The number of nitrogens with two attached hydrogens (primary N) is 1. The van der Waals surface area contributed by atoms with E-state index < -0.39 is 12.1 Å². The normalized spacial score (nSPS) is 11.7. The SMILES string of the molecule is C=CC(=O)OC(C=C)CN. The molecule has 0 aliphatic heterocycles. The quantitative estimate of drug-likeness (QED) is 0.346. The van der Waals surface area contributed by atoms with Crippen LogP contribution in [0.5, 0.6) is 0 Å². The fourth-order valence-corrected chi connectivity index (χ4v) is 0.390. The van der Waals surface area contributed by atoms with Crippen molar-refractivity contribution in [2.24, 2.45) is 5.73 Å². The number of ether oxygens (including phenoxy) is 1. The predicted molar refractivity (Wildman–Crippen MR) is 39.3 cm³/mol. The molecular formula is C7H11NO2. The maximum absolute atomic E-state index is 10.5. The molecule has 0 aromatic rings. The minimum absolute atomic E-state index is 0.253. The summed E-state index contributed by atoms with van der Waals surface area (Å²) in [5, 5.41) is 0. The van der Waals surface area contributed by atoms with Gasteiger partial charge in [-0.25, -0.2) is 4.79 Å². The Morgan fingerprint density at radius 3 is 2.60 bits per heavy atom. The minimum Gasteiger partial charge on any atom is -0.454 e. The van der Waals surface area contributed by atoms with Gasteiger partial charge in [-0.1, -0.05) is 19.2 Å². The van der Waals surface area contributed by atoms with Crippen molar-refractivity contribution in [3.05, 3.63) is 25.3 Å². The predicted octanol–water partition coefficient (Wildman–Crippen LogP) is 0.229. The molecule has 0 amide bonds. The molecule has 10 heavy (non-hydrogen) atoms. The van der Waals surface area contributed by atoms with Crippen LogP contribution in [0.1, 0.15) is 0 Å². The van der Waals surface area contributed by atoms with Crippen molar-refractivity contribution in [2.45, 2.75) is 6.10 Å². The third-order valence-electron chi connectivity index (χ3n) is 0.929. The Morgan fingerprint density at radius 2 is 2.30 bits per heavy atom. The molecule has 0 saturated heterocycles. The molecule has 0 aromatic carbocycles. The molecule has 0 bridgehead atoms. The van der Waals surface area contributed by atoms with E-state index in [1.165, 1.54) is 6.08 Å². The van der Waals surface area contributed by atoms with Crippen molar-refractivity contribution in [3.8, 4) is 0 Å². The summed E-state index contributed by atoms with van der Waals surface area (Å²) in [6.45, 7) is 6.91. The number of rotatable bonds is 4. The van der Waals surface area contributed by atoms with E-state index in [1.54, 1.807) is 0 Å². The van der Waals surface area contributed by atoms with Crippen LogP contribution in [0, 0.1) is 0 Å². The summed E-state index contributed by atoms with van der Waals surface area (Å²) in [5.74, 6) is -0.477. The van der Waals surface area contributed by atoms with E-state index in [2.05, 4.69) is 13.2 Å². The molecule has 56 valence electrons. The van der Waals surface area contributed by atoms with E-state index in [9.17, 15) is 4.79 Å². The van der Waals surface area contributed by atoms with E-state index in [-0.39, 0.29) is 6.54 Å². The van der Waals surface area contributed by atoms with Gasteiger partial charge in [0.2, 0.25) is 0 Å². The van der Waals surface area contributed by atoms with Gasteiger partial charge in [-0.15, -0.1) is 0 Å². The molecule has 0 aromatic heterocycles. The number of carbonyl (C=O) groups is 1. The summed E-state index contributed by atoms with van der Waals surface area (Å²) >= 11 is 0. The average molecular weight is 141 g/mol. The van der Waals surface area contributed by atoms with Crippen LogP contribution in [0.15, 0.2) is 25.3 Å². The van der Waals surface area contributed by atoms with Crippen molar-refractivity contribution in [1.82, 2.24) is 0 Å². The Morgan fingerprint density at radius 1 is 1.70 bits per heavy atom. The fourth-order valence-electron chi connectivity index (χ4n) is 0.390. The molecule has 0 spiro atoms. The van der Waals surface area contributed by atoms with Gasteiger partial charge in [0, 0.05) is 12.6 Å². The summed E-state index contributed by atoms with van der Waals surface area (Å²) in [5.41, 5.74) is 5.20. The van der Waals surface area contributed by atoms with Crippen LogP contribution in [0.2, 0.25) is 0 Å². The molecule has 0 rings (SSSR count). The molecule has 0 heterocycles. The Hall–Kier alpha value is -1.09. The lowest BCUT2D eigenvalue weighted by Crippen LogP contribution is -2.23. The maximum Gasteiger partial charge on any atom is 0.330 e. The number of esters is 1. The number of hydrogen-bond acceptors (Lipinski definition) is 3. The van der Waals surface area contributed by atoms with Crippen molar-refractivity contribution in [3.63, 3.8) is 0 Å². The highest BCUT2D eigenvalue weighted by molar-refractivity contribution is 5.81. The van der Waals surface area contributed by atoms with Crippen LogP contribution in [0.3, 0.4) is 0 Å². The smallest absolute Gasteiger partial charge is 0.330 e. The lowest BCUT2D eigenvalue weighted by atomic mass is 10.3. The van der Waals surface area contributed by atoms with Crippen molar-refractivity contribution in [1.29, 1.82) is 0 Å². The van der Waals surface area contributed by atoms with Crippen LogP contribution in [-0.2, 0) is 9.53 Å². The number of carbonyl (C=O) groups excluding carboxylic acids is 1. The van der Waals surface area contributed by atoms with Gasteiger partial charge < -0.3 is 10.5 Å². The van der Waals surface area contributed by atoms with Gasteiger partial charge in [0.25, 0.3) is 0 Å². The first-order valence-electron chi connectivity index (χ1n) is 2.90. The van der Waals surface area contributed by atoms with Gasteiger partial charge in [0.15, 0.2) is 0 Å². The first-order valence-corrected chi connectivity index (χ1v) is 2.90. The van der Waals surface area contributed by atoms with Gasteiger partial charge in [0.1, 0.15) is 6.10 Å². The molecule has 1 atom stereocenters. The molecule has 0 saturated carbocycles. The molecule has 0 aliphatic carbocycles. The van der Waals surface area contributed by atoms with E-state index in [4.69, 9.17) is 10.5 Å². The Kier molecular flexibility index (Phi) is 4.24. The minimum atomic E-state index is -0.477. The van der Waals surface area contributed by atoms with E-state index in [0.29, 0.717) is 0 Å². The second-order valence-corrected chi connectivity index (χ2v) is 1.65. The highest BCUT2D eigenvalue weighted by Crippen LogP contribution is 1.91. The second kappa shape index (κ2) is 4.76. The molecule has 1 unspecified atom stereocenters. The van der Waals surface area contributed by atoms with Gasteiger partial charge in [-0.2, -0.15) is 0 Å². The zero-order valence-corrected chi connectivity index (χ0v) is 5.75. The van der Waals surface area contributed by atoms with Crippen LogP contribution < -0.4 is 5.73 Å². The largest absolute Gasteiger partial charge is 0.454 e. The van der Waals surface area contributed by atoms with Crippen LogP contribution in [-0.4, -0.2) is 18.6 Å². The molecule has 3 nitrogen and oxygen atoms in total. The summed E-state index contributed by atoms with van der Waals surface area (Å²) in [6, 6.07) is 0. The van der Waals surface area contributed by atoms with E-state index in [0.717, 1.165) is 6.08 Å². The zero-order chi connectivity index (χ0) is 7.98. The standard InChI is InChI=1S/C7H11NO2/c1-3-6(5-8)10-7(9)4-2/h3-4,6H,1-2,5,8H2. The first kappa shape index (κ1) is 8.91. The van der Waals surface area contributed by atoms with Gasteiger partial charge in [0.05, 0.1) is 0 Å². The summed E-state index contributed by atoms with van der Waals surface area (Å²) in [4.78, 5) is 10.5. The fraction of sp³-hybridized carbons (Fsp3) is 0.286. The zero-order valence-electron chi connectivity index (χ0n) is 5.75. The molecule has 3 heteroatoms. The average Bonchev–Trinajstić information content (AvgIpc) is 1.99. The van der Waals surface area contributed by atoms with E-state index >= 15 is 0 Å². The Balaban J connectivity index is 3.73. The van der Waals surface area contributed by atoms with Crippen LogP contribution in [0.25, 0.3) is 0 Å². The second-order valence-electron chi connectivity index (χ2n) is 1.65. The molecule has 0 radical (unpaired) electrons. The maximum atomic E-state index is 10.5. The topological polar surface area (TPSA) is 52.3 Å². The molecule has 0 fully saturated rings. The summed E-state index contributed by atoms with van der Waals surface area (Å²) < 4.78 is 4.70. The van der Waals surface area contributed by atoms with Gasteiger partial charge >= 0.3 is 5.97 Å². The Labute approximate surface area is 60.2 Å². The van der Waals surface area contributed by atoms with Gasteiger partial charge in [-0.05, 0) is 0 Å². The highest BCUT2D eigenvalue weighted by Gasteiger charge is 2.03. The summed E-state index contributed by atoms with van der Waals surface area (Å²) in [6.07, 6.45) is 2.17. The monoisotopic (exact) mass is 141 g/mol. The first-order chi connectivity index (χ1) is 4.74. The van der Waals surface area contributed by atoms with Crippen LogP contribution >= 0.6 is 0 Å². The van der Waals surface area contributed by atoms with Gasteiger partial charge in [-0.3, -0.25) is 0 Å². The lowest BCUT2D eigenvalue weighted by Gasteiger charge is -2.08. The van der Waals surface area contributed by atoms with E-state index in [1.807, 2.05) is 0 Å². The Bertz CT molecular complexity index is 143. The number of hydrogen-bond donors (Lipinski definition) is 1. The highest BCUT2D eigenvalue weighted by atomic mass is 16.5.